The number of nitrogens with two attached hydrogens (primary N) is 1. The van der Waals surface area contributed by atoms with E-state index in [9.17, 15) is 13.2 Å². The van der Waals surface area contributed by atoms with Crippen molar-refractivity contribution in [2.75, 3.05) is 32.8 Å². The normalized spacial score (nSPS) is 29.7. The van der Waals surface area contributed by atoms with Gasteiger partial charge in [-0.05, 0) is 24.7 Å². The molecule has 0 aliphatic carbocycles. The van der Waals surface area contributed by atoms with Crippen LogP contribution in [0, 0.1) is 11.8 Å². The Balaban J connectivity index is 2.26. The topological polar surface area (TPSA) is 38.5 Å². The van der Waals surface area contributed by atoms with Gasteiger partial charge in [0.1, 0.15) is 6.61 Å². The first-order valence-electron chi connectivity index (χ1n) is 6.92. The molecule has 0 radical (unpaired) electrons. The SMILES string of the molecule is CC1CC(C)C(CN)N(CCCOCC(F)(F)F)C1. The molecule has 0 saturated carbocycles. The summed E-state index contributed by atoms with van der Waals surface area (Å²) in [6.45, 7) is 5.74. The number of hydrogen-bond donors (Lipinski definition) is 1. The summed E-state index contributed by atoms with van der Waals surface area (Å²) in [6, 6.07) is 0.346. The van der Waals surface area contributed by atoms with Crippen LogP contribution < -0.4 is 5.73 Å². The molecule has 1 saturated heterocycles. The molecule has 19 heavy (non-hydrogen) atoms. The van der Waals surface area contributed by atoms with Crippen molar-refractivity contribution < 1.29 is 17.9 Å². The third-order valence-corrected chi connectivity index (χ3v) is 3.69. The maximum atomic E-state index is 11.9. The predicted octanol–water partition coefficient (Wildman–Crippen LogP) is 2.26. The standard InChI is InChI=1S/C13H25F3N2O/c1-10-6-11(2)12(7-17)18(8-10)4-3-5-19-9-13(14,15)16/h10-12H,3-9,17H2,1-2H3. The smallest absolute Gasteiger partial charge is 0.372 e. The van der Waals surface area contributed by atoms with E-state index in [1.807, 2.05) is 0 Å². The van der Waals surface area contributed by atoms with Gasteiger partial charge in [-0.2, -0.15) is 13.2 Å². The number of nitrogens with zero attached hydrogens (tertiary/aromatic N) is 1. The largest absolute Gasteiger partial charge is 0.411 e. The molecular weight excluding hydrogens is 257 g/mol. The van der Waals surface area contributed by atoms with Crippen molar-refractivity contribution in [1.82, 2.24) is 4.90 Å². The van der Waals surface area contributed by atoms with Crippen molar-refractivity contribution in [3.05, 3.63) is 0 Å². The Bertz CT molecular complexity index is 261. The van der Waals surface area contributed by atoms with Crippen LogP contribution in [0.5, 0.6) is 0 Å². The van der Waals surface area contributed by atoms with Crippen LogP contribution in [0.2, 0.25) is 0 Å². The van der Waals surface area contributed by atoms with E-state index in [0.717, 1.165) is 13.1 Å². The molecule has 3 nitrogen and oxygen atoms in total. The first kappa shape index (κ1) is 16.7. The fourth-order valence-corrected chi connectivity index (χ4v) is 2.96. The van der Waals surface area contributed by atoms with Crippen molar-refractivity contribution in [2.45, 2.75) is 38.9 Å². The molecule has 1 aliphatic heterocycles. The van der Waals surface area contributed by atoms with Gasteiger partial charge in [0.15, 0.2) is 0 Å². The number of alkyl halides is 3. The molecule has 0 spiro atoms. The molecule has 3 unspecified atom stereocenters. The summed E-state index contributed by atoms with van der Waals surface area (Å²) in [5.74, 6) is 1.17. The van der Waals surface area contributed by atoms with Gasteiger partial charge in [-0.25, -0.2) is 0 Å². The molecule has 0 aromatic rings. The molecule has 3 atom stereocenters. The average molecular weight is 282 g/mol. The van der Waals surface area contributed by atoms with Crippen LogP contribution in [0.1, 0.15) is 26.7 Å². The molecule has 114 valence electrons. The number of likely N-dealkylation sites (tertiary alicyclic amines) is 1. The third-order valence-electron chi connectivity index (χ3n) is 3.69. The molecule has 2 N–H and O–H groups in total. The van der Waals surface area contributed by atoms with Crippen LogP contribution in [0.3, 0.4) is 0 Å². The molecular formula is C13H25F3N2O. The van der Waals surface area contributed by atoms with E-state index in [2.05, 4.69) is 23.5 Å². The Kier molecular flexibility index (Phi) is 6.56. The molecule has 0 amide bonds. The second kappa shape index (κ2) is 7.45. The summed E-state index contributed by atoms with van der Waals surface area (Å²) in [5.41, 5.74) is 5.80. The van der Waals surface area contributed by atoms with Gasteiger partial charge < -0.3 is 10.5 Å². The van der Waals surface area contributed by atoms with Crippen molar-refractivity contribution in [1.29, 1.82) is 0 Å². The molecule has 0 aromatic heterocycles. The van der Waals surface area contributed by atoms with Gasteiger partial charge in [-0.1, -0.05) is 13.8 Å². The maximum absolute atomic E-state index is 11.9. The number of ether oxygens (including phenoxy) is 1. The van der Waals surface area contributed by atoms with E-state index in [4.69, 9.17) is 5.73 Å². The van der Waals surface area contributed by atoms with Crippen molar-refractivity contribution in [3.63, 3.8) is 0 Å². The minimum atomic E-state index is -4.23. The van der Waals surface area contributed by atoms with E-state index in [1.165, 1.54) is 6.42 Å². The zero-order chi connectivity index (χ0) is 14.5. The molecule has 1 fully saturated rings. The highest BCUT2D eigenvalue weighted by molar-refractivity contribution is 4.85. The van der Waals surface area contributed by atoms with Gasteiger partial charge >= 0.3 is 6.18 Å². The van der Waals surface area contributed by atoms with E-state index >= 15 is 0 Å². The minimum Gasteiger partial charge on any atom is -0.372 e. The van der Waals surface area contributed by atoms with Gasteiger partial charge in [-0.15, -0.1) is 0 Å². The average Bonchev–Trinajstić information content (AvgIpc) is 2.26. The van der Waals surface area contributed by atoms with Crippen molar-refractivity contribution in [3.8, 4) is 0 Å². The molecule has 0 bridgehead atoms. The van der Waals surface area contributed by atoms with Gasteiger partial charge in [0.2, 0.25) is 0 Å². The lowest BCUT2D eigenvalue weighted by atomic mass is 9.85. The predicted molar refractivity (Wildman–Crippen MR) is 68.9 cm³/mol. The zero-order valence-corrected chi connectivity index (χ0v) is 11.7. The van der Waals surface area contributed by atoms with Crippen LogP contribution in [-0.4, -0.2) is 50.0 Å². The first-order chi connectivity index (χ1) is 8.83. The Morgan fingerprint density at radius 1 is 1.32 bits per heavy atom. The van der Waals surface area contributed by atoms with Crippen LogP contribution in [0.4, 0.5) is 13.2 Å². The zero-order valence-electron chi connectivity index (χ0n) is 11.7. The summed E-state index contributed by atoms with van der Waals surface area (Å²) in [4.78, 5) is 2.30. The molecule has 1 heterocycles. The monoisotopic (exact) mass is 282 g/mol. The van der Waals surface area contributed by atoms with Gasteiger partial charge in [0, 0.05) is 32.3 Å². The van der Waals surface area contributed by atoms with Crippen LogP contribution in [0.15, 0.2) is 0 Å². The Labute approximate surface area is 113 Å². The molecule has 1 rings (SSSR count). The quantitative estimate of drug-likeness (QED) is 0.759. The van der Waals surface area contributed by atoms with Gasteiger partial charge in [-0.3, -0.25) is 4.90 Å². The lowest BCUT2D eigenvalue weighted by Gasteiger charge is -2.42. The Hall–Kier alpha value is -0.330. The van der Waals surface area contributed by atoms with Gasteiger partial charge in [0.05, 0.1) is 0 Å². The fourth-order valence-electron chi connectivity index (χ4n) is 2.96. The van der Waals surface area contributed by atoms with Crippen LogP contribution in [-0.2, 0) is 4.74 Å². The lowest BCUT2D eigenvalue weighted by Crippen LogP contribution is -2.51. The number of hydrogen-bond acceptors (Lipinski definition) is 3. The molecule has 0 aromatic carbocycles. The third kappa shape index (κ3) is 6.10. The lowest BCUT2D eigenvalue weighted by molar-refractivity contribution is -0.174. The second-order valence-electron chi connectivity index (χ2n) is 5.64. The van der Waals surface area contributed by atoms with E-state index in [0.29, 0.717) is 30.8 Å². The Morgan fingerprint density at radius 3 is 2.58 bits per heavy atom. The summed E-state index contributed by atoms with van der Waals surface area (Å²) in [5, 5.41) is 0. The summed E-state index contributed by atoms with van der Waals surface area (Å²) in [7, 11) is 0. The summed E-state index contributed by atoms with van der Waals surface area (Å²) in [6.07, 6.45) is -2.44. The number of piperidine rings is 1. The fraction of sp³-hybridized carbons (Fsp3) is 1.00. The van der Waals surface area contributed by atoms with E-state index < -0.39 is 12.8 Å². The minimum absolute atomic E-state index is 0.149. The first-order valence-corrected chi connectivity index (χ1v) is 6.92. The Morgan fingerprint density at radius 2 is 2.00 bits per heavy atom. The highest BCUT2D eigenvalue weighted by atomic mass is 19.4. The van der Waals surface area contributed by atoms with Crippen LogP contribution >= 0.6 is 0 Å². The number of halogens is 3. The summed E-state index contributed by atoms with van der Waals surface area (Å²) >= 11 is 0. The van der Waals surface area contributed by atoms with E-state index in [-0.39, 0.29) is 6.61 Å². The number of rotatable bonds is 6. The van der Waals surface area contributed by atoms with Gasteiger partial charge in [0.25, 0.3) is 0 Å². The second-order valence-corrected chi connectivity index (χ2v) is 5.64. The van der Waals surface area contributed by atoms with Crippen LogP contribution in [0.25, 0.3) is 0 Å². The highest BCUT2D eigenvalue weighted by Crippen LogP contribution is 2.26. The maximum Gasteiger partial charge on any atom is 0.411 e. The van der Waals surface area contributed by atoms with Crippen molar-refractivity contribution >= 4 is 0 Å². The summed E-state index contributed by atoms with van der Waals surface area (Å²) < 4.78 is 40.3. The molecule has 1 aliphatic rings. The van der Waals surface area contributed by atoms with E-state index in [1.54, 1.807) is 0 Å². The highest BCUT2D eigenvalue weighted by Gasteiger charge is 2.30. The molecule has 6 heteroatoms. The van der Waals surface area contributed by atoms with Crippen molar-refractivity contribution in [2.24, 2.45) is 17.6 Å².